The molecule has 0 saturated heterocycles. The van der Waals surface area contributed by atoms with Crippen molar-refractivity contribution in [2.45, 2.75) is 58.3 Å². The Morgan fingerprint density at radius 3 is 2.82 bits per heavy atom. The van der Waals surface area contributed by atoms with Crippen LogP contribution in [-0.4, -0.2) is 0 Å². The molecule has 0 bridgehead atoms. The van der Waals surface area contributed by atoms with Gasteiger partial charge in [0, 0.05) is 0 Å². The average molecular weight is 314 g/mol. The van der Waals surface area contributed by atoms with Crippen molar-refractivity contribution >= 4 is 11.6 Å². The van der Waals surface area contributed by atoms with E-state index in [1.165, 1.54) is 43.2 Å². The predicted octanol–water partition coefficient (Wildman–Crippen LogP) is 5.70. The van der Waals surface area contributed by atoms with Crippen LogP contribution in [0.4, 0.5) is 0 Å². The first kappa shape index (κ1) is 14.6. The molecular formula is C20H24ClN. The van der Waals surface area contributed by atoms with E-state index in [1.807, 2.05) is 6.07 Å². The number of benzene rings is 1. The summed E-state index contributed by atoms with van der Waals surface area (Å²) in [6.45, 7) is 5.01. The summed E-state index contributed by atoms with van der Waals surface area (Å²) in [5, 5.41) is 10.1. The van der Waals surface area contributed by atoms with Crippen molar-refractivity contribution in [1.82, 2.24) is 0 Å². The third-order valence-corrected chi connectivity index (χ3v) is 7.76. The van der Waals surface area contributed by atoms with Gasteiger partial charge in [-0.15, -0.1) is 0 Å². The van der Waals surface area contributed by atoms with E-state index in [1.54, 1.807) is 0 Å². The van der Waals surface area contributed by atoms with Crippen LogP contribution in [0, 0.1) is 34.5 Å². The van der Waals surface area contributed by atoms with E-state index in [-0.39, 0.29) is 0 Å². The quantitative estimate of drug-likeness (QED) is 0.602. The van der Waals surface area contributed by atoms with Gasteiger partial charge in [0.1, 0.15) is 6.07 Å². The number of halogens is 1. The molecule has 5 atom stereocenters. The Morgan fingerprint density at radius 2 is 2.05 bits per heavy atom. The topological polar surface area (TPSA) is 23.8 Å². The normalized spacial score (nSPS) is 39.5. The molecule has 0 aromatic heterocycles. The van der Waals surface area contributed by atoms with Gasteiger partial charge in [0.05, 0.1) is 10.6 Å². The fraction of sp³-hybridized carbons (Fsp3) is 0.650. The first-order valence-corrected chi connectivity index (χ1v) is 9.15. The van der Waals surface area contributed by atoms with Gasteiger partial charge in [-0.25, -0.2) is 0 Å². The summed E-state index contributed by atoms with van der Waals surface area (Å²) >= 11 is 6.24. The van der Waals surface area contributed by atoms with Crippen LogP contribution < -0.4 is 0 Å². The maximum atomic E-state index is 9.46. The molecule has 4 rings (SSSR count). The van der Waals surface area contributed by atoms with E-state index < -0.39 is 0 Å². The third-order valence-electron chi connectivity index (χ3n) is 7.45. The zero-order valence-corrected chi connectivity index (χ0v) is 14.3. The Hall–Kier alpha value is -1.00. The van der Waals surface area contributed by atoms with Crippen molar-refractivity contribution in [1.29, 1.82) is 5.26 Å². The number of nitriles is 1. The Labute approximate surface area is 138 Å². The summed E-state index contributed by atoms with van der Waals surface area (Å²) in [6.07, 6.45) is 7.75. The maximum absolute atomic E-state index is 9.46. The summed E-state index contributed by atoms with van der Waals surface area (Å²) in [6, 6.07) is 6.52. The van der Waals surface area contributed by atoms with Crippen molar-refractivity contribution < 1.29 is 0 Å². The molecule has 2 heteroatoms. The second kappa shape index (κ2) is 5.00. The van der Waals surface area contributed by atoms with E-state index in [4.69, 9.17) is 11.6 Å². The maximum Gasteiger partial charge on any atom is 0.101 e. The van der Waals surface area contributed by atoms with Crippen molar-refractivity contribution in [2.24, 2.45) is 23.2 Å². The molecule has 2 saturated carbocycles. The summed E-state index contributed by atoms with van der Waals surface area (Å²) < 4.78 is 0. The van der Waals surface area contributed by atoms with E-state index in [0.717, 1.165) is 29.7 Å². The molecule has 2 fully saturated rings. The molecular weight excluding hydrogens is 290 g/mol. The van der Waals surface area contributed by atoms with Crippen LogP contribution in [0.5, 0.6) is 0 Å². The summed E-state index contributed by atoms with van der Waals surface area (Å²) in [5.74, 6) is 3.25. The Balaban J connectivity index is 1.76. The molecule has 1 aromatic carbocycles. The van der Waals surface area contributed by atoms with E-state index in [9.17, 15) is 5.26 Å². The third kappa shape index (κ3) is 1.83. The molecule has 0 spiro atoms. The van der Waals surface area contributed by atoms with Crippen LogP contribution >= 0.6 is 11.6 Å². The highest BCUT2D eigenvalue weighted by atomic mass is 35.5. The molecule has 3 aliphatic rings. The van der Waals surface area contributed by atoms with Gasteiger partial charge in [-0.2, -0.15) is 5.26 Å². The van der Waals surface area contributed by atoms with Crippen LogP contribution in [0.2, 0.25) is 5.02 Å². The van der Waals surface area contributed by atoms with Crippen molar-refractivity contribution in [3.05, 3.63) is 33.8 Å². The lowest BCUT2D eigenvalue weighted by molar-refractivity contribution is 0.0336. The first-order valence-electron chi connectivity index (χ1n) is 8.77. The van der Waals surface area contributed by atoms with Crippen LogP contribution in [0.15, 0.2) is 12.1 Å². The van der Waals surface area contributed by atoms with Gasteiger partial charge in [0.2, 0.25) is 0 Å². The van der Waals surface area contributed by atoms with Gasteiger partial charge in [0.15, 0.2) is 0 Å². The zero-order chi connectivity index (χ0) is 15.5. The van der Waals surface area contributed by atoms with E-state index in [2.05, 4.69) is 26.0 Å². The lowest BCUT2D eigenvalue weighted by Crippen LogP contribution is -2.41. The summed E-state index contributed by atoms with van der Waals surface area (Å²) in [4.78, 5) is 0. The Bertz CT molecular complexity index is 658. The second-order valence-electron chi connectivity index (χ2n) is 8.04. The van der Waals surface area contributed by atoms with Gasteiger partial charge in [0.25, 0.3) is 0 Å². The standard InChI is InChI=1S/C20H24ClN/c1-12-3-7-18-16-5-4-14-13(6-8-19(21)17(14)11-22)15(16)9-10-20(12,18)2/h6,8,12,15-16,18H,3-5,7,9-10H2,1-2H3/t12?,15?,16?,18?,20-/m1/s1. The van der Waals surface area contributed by atoms with Gasteiger partial charge < -0.3 is 0 Å². The molecule has 116 valence electrons. The fourth-order valence-electron chi connectivity index (χ4n) is 6.02. The summed E-state index contributed by atoms with van der Waals surface area (Å²) in [7, 11) is 0. The summed E-state index contributed by atoms with van der Waals surface area (Å²) in [5.41, 5.74) is 4.00. The smallest absolute Gasteiger partial charge is 0.101 e. The second-order valence-corrected chi connectivity index (χ2v) is 8.45. The minimum Gasteiger partial charge on any atom is -0.192 e. The highest BCUT2D eigenvalue weighted by Gasteiger charge is 2.53. The molecule has 0 radical (unpaired) electrons. The van der Waals surface area contributed by atoms with Crippen LogP contribution in [0.25, 0.3) is 0 Å². The predicted molar refractivity (Wildman–Crippen MR) is 89.9 cm³/mol. The minimum atomic E-state index is 0.559. The number of hydrogen-bond donors (Lipinski definition) is 0. The molecule has 1 aromatic rings. The van der Waals surface area contributed by atoms with Crippen molar-refractivity contribution in [2.75, 3.05) is 0 Å². The monoisotopic (exact) mass is 313 g/mol. The molecule has 1 nitrogen and oxygen atoms in total. The zero-order valence-electron chi connectivity index (χ0n) is 13.5. The van der Waals surface area contributed by atoms with E-state index >= 15 is 0 Å². The van der Waals surface area contributed by atoms with Gasteiger partial charge in [-0.1, -0.05) is 31.5 Å². The van der Waals surface area contributed by atoms with Crippen molar-refractivity contribution in [3.8, 4) is 6.07 Å². The molecule has 0 N–H and O–H groups in total. The molecule has 3 aliphatic carbocycles. The molecule has 0 heterocycles. The van der Waals surface area contributed by atoms with E-state index in [0.29, 0.717) is 16.4 Å². The highest BCUT2D eigenvalue weighted by Crippen LogP contribution is 2.62. The van der Waals surface area contributed by atoms with Gasteiger partial charge >= 0.3 is 0 Å². The largest absolute Gasteiger partial charge is 0.192 e. The number of fused-ring (bicyclic) bond motifs is 5. The Kier molecular flexibility index (Phi) is 3.31. The van der Waals surface area contributed by atoms with Gasteiger partial charge in [-0.3, -0.25) is 0 Å². The lowest BCUT2D eigenvalue weighted by Gasteiger charge is -2.50. The average Bonchev–Trinajstić information content (AvgIpc) is 2.82. The Morgan fingerprint density at radius 1 is 1.23 bits per heavy atom. The fourth-order valence-corrected chi connectivity index (χ4v) is 6.24. The molecule has 0 amide bonds. The molecule has 4 unspecified atom stereocenters. The minimum absolute atomic E-state index is 0.559. The highest BCUT2D eigenvalue weighted by molar-refractivity contribution is 6.31. The SMILES string of the molecule is CC1CCC2C3CCc4c(ccc(Cl)c4C#N)C3CC[C@]12C. The van der Waals surface area contributed by atoms with Crippen LogP contribution in [-0.2, 0) is 6.42 Å². The number of rotatable bonds is 0. The molecule has 22 heavy (non-hydrogen) atoms. The van der Waals surface area contributed by atoms with Crippen molar-refractivity contribution in [3.63, 3.8) is 0 Å². The van der Waals surface area contributed by atoms with Gasteiger partial charge in [-0.05, 0) is 84.8 Å². The van der Waals surface area contributed by atoms with Crippen LogP contribution in [0.3, 0.4) is 0 Å². The number of nitrogens with zero attached hydrogens (tertiary/aromatic N) is 1. The lowest BCUT2D eigenvalue weighted by atomic mass is 9.54. The first-order chi connectivity index (χ1) is 10.6. The number of hydrogen-bond acceptors (Lipinski definition) is 1. The van der Waals surface area contributed by atoms with Crippen LogP contribution in [0.1, 0.15) is 68.6 Å². The molecule has 0 aliphatic heterocycles.